The molecule has 8 heteroatoms. The Morgan fingerprint density at radius 2 is 2.12 bits per heavy atom. The molecular weight excluding hydrogens is 354 g/mol. The number of thiophene rings is 1. The predicted octanol–water partition coefficient (Wildman–Crippen LogP) is 3.61. The molecule has 26 heavy (non-hydrogen) atoms. The number of amides is 1. The smallest absolute Gasteiger partial charge is 0.414 e. The average Bonchev–Trinajstić information content (AvgIpc) is 3.25. The third-order valence-electron chi connectivity index (χ3n) is 3.99. The maximum atomic E-state index is 12.1. The van der Waals surface area contributed by atoms with E-state index in [0.717, 1.165) is 10.6 Å². The third-order valence-corrected chi connectivity index (χ3v) is 5.05. The van der Waals surface area contributed by atoms with E-state index in [4.69, 9.17) is 4.74 Å². The van der Waals surface area contributed by atoms with Gasteiger partial charge in [0, 0.05) is 33.3 Å². The van der Waals surface area contributed by atoms with Crippen LogP contribution in [0.4, 0.5) is 16.2 Å². The number of ether oxygens (including phenoxy) is 1. The zero-order valence-electron chi connectivity index (χ0n) is 14.6. The first-order valence-electron chi connectivity index (χ1n) is 8.07. The third kappa shape index (κ3) is 3.85. The van der Waals surface area contributed by atoms with Gasteiger partial charge in [0.1, 0.15) is 6.10 Å². The second-order valence-electron chi connectivity index (χ2n) is 5.84. The normalized spacial score (nSPS) is 16.3. The molecule has 1 unspecified atom stereocenters. The van der Waals surface area contributed by atoms with Crippen molar-refractivity contribution >= 4 is 34.5 Å². The number of rotatable bonds is 7. The Morgan fingerprint density at radius 1 is 1.38 bits per heavy atom. The molecule has 1 aromatic heterocycles. The second-order valence-corrected chi connectivity index (χ2v) is 7.13. The quantitative estimate of drug-likeness (QED) is 0.750. The monoisotopic (exact) mass is 374 g/mol. The number of nitrogens with one attached hydrogen (secondary N) is 1. The highest BCUT2D eigenvalue weighted by atomic mass is 32.1. The van der Waals surface area contributed by atoms with Crippen LogP contribution in [-0.4, -0.2) is 37.3 Å². The molecule has 3 rings (SSSR count). The van der Waals surface area contributed by atoms with Crippen LogP contribution in [-0.2, 0) is 9.57 Å². The maximum absolute atomic E-state index is 12.1. The zero-order chi connectivity index (χ0) is 18.7. The lowest BCUT2D eigenvalue weighted by molar-refractivity contribution is -0.736. The molecule has 2 heterocycles. The topological polar surface area (TPSA) is 70.9 Å². The fourth-order valence-corrected chi connectivity index (χ4v) is 3.43. The molecule has 1 aliphatic rings. The highest BCUT2D eigenvalue weighted by Gasteiger charge is 2.32. The lowest BCUT2D eigenvalue weighted by Gasteiger charge is -2.13. The molecule has 136 valence electrons. The lowest BCUT2D eigenvalue weighted by Crippen LogP contribution is -2.29. The predicted molar refractivity (Wildman–Crippen MR) is 100 cm³/mol. The highest BCUT2D eigenvalue weighted by molar-refractivity contribution is 7.13. The van der Waals surface area contributed by atoms with Gasteiger partial charge in [-0.05, 0) is 31.2 Å². The molecular formula is C18H20N3O4S+. The summed E-state index contributed by atoms with van der Waals surface area (Å²) in [6, 6.07) is 10.6. The van der Waals surface area contributed by atoms with E-state index in [2.05, 4.69) is 16.7 Å². The molecule has 1 amide bonds. The van der Waals surface area contributed by atoms with E-state index in [9.17, 15) is 9.70 Å². The largest absolute Gasteiger partial charge is 0.442 e. The molecule has 7 nitrogen and oxygen atoms in total. The van der Waals surface area contributed by atoms with Gasteiger partial charge in [0.25, 0.3) is 4.92 Å². The van der Waals surface area contributed by atoms with Crippen LogP contribution in [0.1, 0.15) is 9.75 Å². The van der Waals surface area contributed by atoms with Crippen molar-refractivity contribution in [1.82, 2.24) is 5.32 Å². The van der Waals surface area contributed by atoms with Crippen LogP contribution in [0.3, 0.4) is 0 Å². The van der Waals surface area contributed by atoms with Crippen LogP contribution in [0, 0.1) is 11.8 Å². The van der Waals surface area contributed by atoms with Gasteiger partial charge >= 0.3 is 11.8 Å². The van der Waals surface area contributed by atoms with Gasteiger partial charge in [-0.15, -0.1) is 11.3 Å². The molecule has 1 N–H and O–H groups in total. The first-order valence-corrected chi connectivity index (χ1v) is 8.88. The van der Waals surface area contributed by atoms with Crippen molar-refractivity contribution in [3.63, 3.8) is 0 Å². The van der Waals surface area contributed by atoms with E-state index < -0.39 is 6.09 Å². The Bertz CT molecular complexity index is 831. The Morgan fingerprint density at radius 3 is 2.73 bits per heavy atom. The minimum absolute atomic E-state index is 0.282. The number of aryl methyl sites for hydroxylation is 1. The van der Waals surface area contributed by atoms with Crippen LogP contribution >= 0.6 is 11.3 Å². The molecule has 1 saturated heterocycles. The summed E-state index contributed by atoms with van der Waals surface area (Å²) in [5.41, 5.74) is 1.83. The summed E-state index contributed by atoms with van der Waals surface area (Å²) in [6.45, 7) is 6.98. The SMILES string of the molecule is C=C(NCC1CN(c2ccc([N+](=O)OC)cc2)C(=O)O1)c1ccc(C)s1. The van der Waals surface area contributed by atoms with Gasteiger partial charge in [-0.25, -0.2) is 9.63 Å². The maximum Gasteiger partial charge on any atom is 0.414 e. The van der Waals surface area contributed by atoms with Crippen molar-refractivity contribution in [2.75, 3.05) is 25.1 Å². The molecule has 2 aromatic rings. The van der Waals surface area contributed by atoms with Crippen molar-refractivity contribution in [2.24, 2.45) is 0 Å². The molecule has 0 radical (unpaired) electrons. The van der Waals surface area contributed by atoms with Gasteiger partial charge in [-0.1, -0.05) is 6.58 Å². The fraction of sp³-hybridized carbons (Fsp3) is 0.278. The summed E-state index contributed by atoms with van der Waals surface area (Å²) >= 11 is 1.66. The Kier molecular flexibility index (Phi) is 5.22. The van der Waals surface area contributed by atoms with Gasteiger partial charge in [0.2, 0.25) is 0 Å². The van der Waals surface area contributed by atoms with Crippen molar-refractivity contribution < 1.29 is 19.3 Å². The van der Waals surface area contributed by atoms with Crippen molar-refractivity contribution in [1.29, 1.82) is 0 Å². The highest BCUT2D eigenvalue weighted by Crippen LogP contribution is 2.25. The fourth-order valence-electron chi connectivity index (χ4n) is 2.62. The Labute approximate surface area is 155 Å². The molecule has 0 bridgehead atoms. The van der Waals surface area contributed by atoms with Gasteiger partial charge in [-0.2, -0.15) is 0 Å². The lowest BCUT2D eigenvalue weighted by atomic mass is 10.2. The number of carbonyl (C=O) groups is 1. The molecule has 0 spiro atoms. The van der Waals surface area contributed by atoms with E-state index in [1.54, 1.807) is 35.6 Å². The van der Waals surface area contributed by atoms with Crippen LogP contribution < -0.4 is 10.2 Å². The van der Waals surface area contributed by atoms with E-state index >= 15 is 0 Å². The molecule has 1 aliphatic heterocycles. The van der Waals surface area contributed by atoms with Gasteiger partial charge in [0.15, 0.2) is 7.11 Å². The first kappa shape index (κ1) is 17.9. The van der Waals surface area contributed by atoms with Crippen LogP contribution in [0.2, 0.25) is 0 Å². The molecule has 1 aromatic carbocycles. The number of nitrogens with zero attached hydrogens (tertiary/aromatic N) is 2. The Balaban J connectivity index is 1.58. The van der Waals surface area contributed by atoms with Gasteiger partial charge in [0.05, 0.1) is 18.0 Å². The molecule has 0 saturated carbocycles. The summed E-state index contributed by atoms with van der Waals surface area (Å²) in [6.07, 6.45) is -0.692. The number of hydrogen-bond acceptors (Lipinski definition) is 6. The minimum Gasteiger partial charge on any atom is -0.442 e. The minimum atomic E-state index is -0.409. The van der Waals surface area contributed by atoms with Crippen molar-refractivity contribution in [2.45, 2.75) is 13.0 Å². The summed E-state index contributed by atoms with van der Waals surface area (Å²) in [5, 5.41) is 3.23. The summed E-state index contributed by atoms with van der Waals surface area (Å²) in [5.74, 6) is 0. The molecule has 0 aliphatic carbocycles. The summed E-state index contributed by atoms with van der Waals surface area (Å²) in [4.78, 5) is 32.4. The van der Waals surface area contributed by atoms with Crippen molar-refractivity contribution in [3.05, 3.63) is 57.6 Å². The summed E-state index contributed by atoms with van der Waals surface area (Å²) in [7, 11) is 1.29. The van der Waals surface area contributed by atoms with E-state index in [0.29, 0.717) is 29.4 Å². The number of anilines is 1. The van der Waals surface area contributed by atoms with E-state index in [1.165, 1.54) is 16.9 Å². The van der Waals surface area contributed by atoms with Crippen molar-refractivity contribution in [3.8, 4) is 0 Å². The number of hydrogen-bond donors (Lipinski definition) is 1. The van der Waals surface area contributed by atoms with E-state index in [-0.39, 0.29) is 6.10 Å². The summed E-state index contributed by atoms with van der Waals surface area (Å²) < 4.78 is 5.41. The molecule has 1 atom stereocenters. The average molecular weight is 374 g/mol. The van der Waals surface area contributed by atoms with Gasteiger partial charge in [-0.3, -0.25) is 4.90 Å². The molecule has 1 fully saturated rings. The number of benzene rings is 1. The van der Waals surface area contributed by atoms with Crippen LogP contribution in [0.5, 0.6) is 0 Å². The standard InChI is InChI=1S/C18H20N3O4S/c1-12-4-9-17(26-12)13(2)19-10-16-11-20(18(22)25-16)14-5-7-15(8-6-14)21(23)24-3/h4-9,16,19H,2,10-11H2,1,3H3/q+1. The van der Waals surface area contributed by atoms with E-state index in [1.807, 2.05) is 19.1 Å². The van der Waals surface area contributed by atoms with Gasteiger partial charge < -0.3 is 10.1 Å². The second kappa shape index (κ2) is 7.57. The van der Waals surface area contributed by atoms with Crippen LogP contribution in [0.25, 0.3) is 5.70 Å². The Hall–Kier alpha value is -2.87. The zero-order valence-corrected chi connectivity index (χ0v) is 15.4. The first-order chi connectivity index (χ1) is 12.5. The number of carbonyl (C=O) groups excluding carboxylic acids is 1. The number of cyclic esters (lactones) is 1. The van der Waals surface area contributed by atoms with Crippen LogP contribution in [0.15, 0.2) is 43.0 Å².